The van der Waals surface area contributed by atoms with E-state index < -0.39 is 9.84 Å². The van der Waals surface area contributed by atoms with Gasteiger partial charge in [0.05, 0.1) is 4.90 Å². The highest BCUT2D eigenvalue weighted by Gasteiger charge is 2.36. The number of hydrogen-bond donors (Lipinski definition) is 0. The van der Waals surface area contributed by atoms with E-state index in [2.05, 4.69) is 17.1 Å². The number of carbonyl (C=O) groups excluding carboxylic acids is 1. The molecule has 0 aromatic heterocycles. The highest BCUT2D eigenvalue weighted by atomic mass is 32.2. The second-order valence-corrected chi connectivity index (χ2v) is 10.3. The summed E-state index contributed by atoms with van der Waals surface area (Å²) in [6, 6.07) is 6.17. The molecular formula is C21H28N2O4S. The zero-order valence-electron chi connectivity index (χ0n) is 16.3. The summed E-state index contributed by atoms with van der Waals surface area (Å²) < 4.78 is 28.5. The molecule has 1 aliphatic heterocycles. The monoisotopic (exact) mass is 404 g/mol. The van der Waals surface area contributed by atoms with E-state index in [-0.39, 0.29) is 17.4 Å². The molecule has 0 radical (unpaired) electrons. The van der Waals surface area contributed by atoms with Gasteiger partial charge >= 0.3 is 0 Å². The molecule has 7 heteroatoms. The van der Waals surface area contributed by atoms with Crippen molar-refractivity contribution in [2.75, 3.05) is 45.6 Å². The van der Waals surface area contributed by atoms with Crippen LogP contribution in [0.1, 0.15) is 12.8 Å². The highest BCUT2D eigenvalue weighted by molar-refractivity contribution is 7.90. The number of allylic oxidation sites excluding steroid dienone is 2. The molecule has 3 aliphatic rings. The van der Waals surface area contributed by atoms with Crippen LogP contribution in [-0.4, -0.2) is 69.7 Å². The van der Waals surface area contributed by atoms with Crippen molar-refractivity contribution in [1.82, 2.24) is 9.80 Å². The highest BCUT2D eigenvalue weighted by Crippen LogP contribution is 2.43. The van der Waals surface area contributed by atoms with Gasteiger partial charge in [-0.15, -0.1) is 0 Å². The van der Waals surface area contributed by atoms with Crippen molar-refractivity contribution < 1.29 is 17.9 Å². The minimum Gasteiger partial charge on any atom is -0.484 e. The van der Waals surface area contributed by atoms with E-state index in [1.54, 1.807) is 12.1 Å². The third kappa shape index (κ3) is 4.41. The lowest BCUT2D eigenvalue weighted by atomic mass is 9.93. The molecule has 2 fully saturated rings. The van der Waals surface area contributed by atoms with Crippen molar-refractivity contribution in [3.05, 3.63) is 36.4 Å². The zero-order chi connectivity index (χ0) is 19.7. The van der Waals surface area contributed by atoms with Crippen LogP contribution in [-0.2, 0) is 14.6 Å². The number of fused-ring (bicyclic) bond motifs is 2. The fourth-order valence-electron chi connectivity index (χ4n) is 4.64. The van der Waals surface area contributed by atoms with Gasteiger partial charge < -0.3 is 9.64 Å². The zero-order valence-corrected chi connectivity index (χ0v) is 17.1. The van der Waals surface area contributed by atoms with Crippen molar-refractivity contribution in [3.63, 3.8) is 0 Å². The smallest absolute Gasteiger partial charge is 0.260 e. The van der Waals surface area contributed by atoms with Gasteiger partial charge in [0, 0.05) is 39.0 Å². The molecule has 3 unspecified atom stereocenters. The van der Waals surface area contributed by atoms with E-state index in [1.807, 2.05) is 4.90 Å². The van der Waals surface area contributed by atoms with Crippen LogP contribution in [0.15, 0.2) is 41.3 Å². The Morgan fingerprint density at radius 2 is 1.79 bits per heavy atom. The molecule has 4 rings (SSSR count). The van der Waals surface area contributed by atoms with Crippen LogP contribution in [0.2, 0.25) is 0 Å². The molecule has 0 N–H and O–H groups in total. The molecule has 1 heterocycles. The third-order valence-electron chi connectivity index (χ3n) is 6.25. The van der Waals surface area contributed by atoms with Gasteiger partial charge in [-0.3, -0.25) is 9.69 Å². The van der Waals surface area contributed by atoms with Crippen LogP contribution in [0.25, 0.3) is 0 Å². The van der Waals surface area contributed by atoms with E-state index in [1.165, 1.54) is 31.2 Å². The number of rotatable bonds is 6. The van der Waals surface area contributed by atoms with Gasteiger partial charge in [-0.1, -0.05) is 12.2 Å². The normalized spacial score (nSPS) is 27.3. The summed E-state index contributed by atoms with van der Waals surface area (Å²) in [5.41, 5.74) is 0. The van der Waals surface area contributed by atoms with Crippen molar-refractivity contribution in [2.45, 2.75) is 17.7 Å². The Morgan fingerprint density at radius 3 is 2.36 bits per heavy atom. The van der Waals surface area contributed by atoms with Crippen molar-refractivity contribution in [3.8, 4) is 5.75 Å². The molecule has 0 spiro atoms. The molecule has 1 saturated carbocycles. The summed E-state index contributed by atoms with van der Waals surface area (Å²) in [7, 11) is -3.22. The van der Waals surface area contributed by atoms with Gasteiger partial charge in [0.25, 0.3) is 5.91 Å². The summed E-state index contributed by atoms with van der Waals surface area (Å²) in [5, 5.41) is 0. The quantitative estimate of drug-likeness (QED) is 0.677. The Bertz CT molecular complexity index is 842. The maximum Gasteiger partial charge on any atom is 0.260 e. The average molecular weight is 405 g/mol. The summed E-state index contributed by atoms with van der Waals surface area (Å²) in [5.74, 6) is 2.85. The van der Waals surface area contributed by atoms with Gasteiger partial charge in [-0.25, -0.2) is 8.42 Å². The SMILES string of the molecule is CS(=O)(=O)c1ccc(OCC(=O)N2CCN(CC3CC4C=CC3C4)CC2)cc1. The number of carbonyl (C=O) groups is 1. The van der Waals surface area contributed by atoms with E-state index in [0.29, 0.717) is 5.75 Å². The summed E-state index contributed by atoms with van der Waals surface area (Å²) in [4.78, 5) is 17.0. The lowest BCUT2D eigenvalue weighted by Crippen LogP contribution is -2.51. The van der Waals surface area contributed by atoms with E-state index in [0.717, 1.165) is 50.5 Å². The van der Waals surface area contributed by atoms with E-state index in [9.17, 15) is 13.2 Å². The topological polar surface area (TPSA) is 66.9 Å². The predicted octanol–water partition coefficient (Wildman–Crippen LogP) is 1.83. The minimum atomic E-state index is -3.22. The fourth-order valence-corrected chi connectivity index (χ4v) is 5.27. The van der Waals surface area contributed by atoms with Crippen LogP contribution in [0.4, 0.5) is 0 Å². The maximum absolute atomic E-state index is 12.4. The second-order valence-electron chi connectivity index (χ2n) is 8.25. The Morgan fingerprint density at radius 1 is 1.07 bits per heavy atom. The third-order valence-corrected chi connectivity index (χ3v) is 7.38. The maximum atomic E-state index is 12.4. The van der Waals surface area contributed by atoms with E-state index in [4.69, 9.17) is 4.74 Å². The number of ether oxygens (including phenoxy) is 1. The minimum absolute atomic E-state index is 0.0185. The molecule has 1 amide bonds. The van der Waals surface area contributed by atoms with Gasteiger partial charge in [0.2, 0.25) is 0 Å². The first-order valence-corrected chi connectivity index (χ1v) is 11.9. The molecule has 3 atom stereocenters. The van der Waals surface area contributed by atoms with Gasteiger partial charge in [-0.05, 0) is 54.9 Å². The Hall–Kier alpha value is -1.86. The lowest BCUT2D eigenvalue weighted by Gasteiger charge is -2.36. The van der Waals surface area contributed by atoms with Crippen molar-refractivity contribution in [1.29, 1.82) is 0 Å². The van der Waals surface area contributed by atoms with Crippen molar-refractivity contribution in [2.24, 2.45) is 17.8 Å². The average Bonchev–Trinajstić information content (AvgIpc) is 3.29. The molecule has 2 bridgehead atoms. The first-order valence-electron chi connectivity index (χ1n) is 10.00. The molecule has 1 aromatic carbocycles. The van der Waals surface area contributed by atoms with Crippen LogP contribution >= 0.6 is 0 Å². The number of nitrogens with zero attached hydrogens (tertiary/aromatic N) is 2. The molecule has 6 nitrogen and oxygen atoms in total. The van der Waals surface area contributed by atoms with Crippen LogP contribution < -0.4 is 4.74 Å². The summed E-state index contributed by atoms with van der Waals surface area (Å²) in [6.45, 7) is 4.46. The number of piperazine rings is 1. The Balaban J connectivity index is 1.20. The molecule has 152 valence electrons. The lowest BCUT2D eigenvalue weighted by molar-refractivity contribution is -0.135. The Kier molecular flexibility index (Phi) is 5.47. The van der Waals surface area contributed by atoms with Crippen LogP contribution in [0, 0.1) is 17.8 Å². The molecule has 1 aromatic rings. The summed E-state index contributed by atoms with van der Waals surface area (Å²) in [6.07, 6.45) is 8.61. The second kappa shape index (κ2) is 7.87. The fraction of sp³-hybridized carbons (Fsp3) is 0.571. The number of benzene rings is 1. The van der Waals surface area contributed by atoms with E-state index >= 15 is 0 Å². The first kappa shape index (κ1) is 19.5. The molecule has 1 saturated heterocycles. The first-order chi connectivity index (χ1) is 13.4. The van der Waals surface area contributed by atoms with Gasteiger partial charge in [-0.2, -0.15) is 0 Å². The summed E-state index contributed by atoms with van der Waals surface area (Å²) >= 11 is 0. The molecule has 28 heavy (non-hydrogen) atoms. The molecule has 2 aliphatic carbocycles. The number of hydrogen-bond acceptors (Lipinski definition) is 5. The largest absolute Gasteiger partial charge is 0.484 e. The number of amides is 1. The molecular weight excluding hydrogens is 376 g/mol. The standard InChI is InChI=1S/C21H28N2O4S/c1-28(25,26)20-6-4-19(5-7-20)27-15-21(24)23-10-8-22(9-11-23)14-18-13-16-2-3-17(18)12-16/h2-7,16-18H,8-15H2,1H3. The Labute approximate surface area is 167 Å². The predicted molar refractivity (Wildman–Crippen MR) is 107 cm³/mol. The van der Waals surface area contributed by atoms with Crippen LogP contribution in [0.3, 0.4) is 0 Å². The van der Waals surface area contributed by atoms with Crippen molar-refractivity contribution >= 4 is 15.7 Å². The van der Waals surface area contributed by atoms with Gasteiger partial charge in [0.1, 0.15) is 5.75 Å². The number of sulfone groups is 1. The van der Waals surface area contributed by atoms with Crippen LogP contribution in [0.5, 0.6) is 5.75 Å². The van der Waals surface area contributed by atoms with Gasteiger partial charge in [0.15, 0.2) is 16.4 Å².